The molecule has 0 saturated heterocycles. The van der Waals surface area contributed by atoms with Crippen molar-refractivity contribution in [2.24, 2.45) is 11.3 Å². The fraction of sp³-hybridized carbons (Fsp3) is 0.800. The van der Waals surface area contributed by atoms with Crippen LogP contribution in [-0.4, -0.2) is 23.9 Å². The van der Waals surface area contributed by atoms with Crippen LogP contribution < -0.4 is 0 Å². The van der Waals surface area contributed by atoms with Gasteiger partial charge in [0.2, 0.25) is 0 Å². The van der Waals surface area contributed by atoms with E-state index in [4.69, 9.17) is 0 Å². The lowest BCUT2D eigenvalue weighted by Crippen LogP contribution is -2.42. The molecule has 0 aliphatic carbocycles. The molecule has 0 spiro atoms. The Morgan fingerprint density at radius 3 is 1.67 bits per heavy atom. The zero-order chi connectivity index (χ0) is 14.9. The Kier molecular flexibility index (Phi) is 4.60. The molecule has 0 aromatic carbocycles. The number of alkyl halides is 6. The summed E-state index contributed by atoms with van der Waals surface area (Å²) in [6.45, 7) is 1.57. The predicted octanol–water partition coefficient (Wildman–Crippen LogP) is 3.30. The molecule has 0 N–H and O–H groups in total. The van der Waals surface area contributed by atoms with Gasteiger partial charge < -0.3 is 0 Å². The Morgan fingerprint density at radius 1 is 1.00 bits per heavy atom. The van der Waals surface area contributed by atoms with E-state index in [9.17, 15) is 35.9 Å². The second-order valence-corrected chi connectivity index (χ2v) is 4.45. The van der Waals surface area contributed by atoms with Gasteiger partial charge in [-0.2, -0.15) is 26.3 Å². The van der Waals surface area contributed by atoms with Crippen LogP contribution in [0.5, 0.6) is 0 Å². The molecule has 1 atom stereocenters. The van der Waals surface area contributed by atoms with Gasteiger partial charge in [-0.05, 0) is 20.8 Å². The van der Waals surface area contributed by atoms with Crippen molar-refractivity contribution in [1.29, 1.82) is 0 Å². The minimum atomic E-state index is -4.91. The van der Waals surface area contributed by atoms with Crippen molar-refractivity contribution in [3.05, 3.63) is 0 Å². The van der Waals surface area contributed by atoms with Crippen molar-refractivity contribution in [2.75, 3.05) is 0 Å². The smallest absolute Gasteiger partial charge is 0.299 e. The Labute approximate surface area is 99.3 Å². The predicted molar refractivity (Wildman–Crippen MR) is 49.7 cm³/mol. The summed E-state index contributed by atoms with van der Waals surface area (Å²) in [7, 11) is 0. The maximum Gasteiger partial charge on any atom is 0.400 e. The van der Waals surface area contributed by atoms with Crippen LogP contribution in [0.25, 0.3) is 0 Å². The lowest BCUT2D eigenvalue weighted by atomic mass is 9.83. The molecule has 0 radical (unpaired) electrons. The van der Waals surface area contributed by atoms with Crippen molar-refractivity contribution in [2.45, 2.75) is 39.5 Å². The number of halogens is 6. The number of hydrogen-bond donors (Lipinski definition) is 0. The minimum absolute atomic E-state index is 0.510. The van der Waals surface area contributed by atoms with Gasteiger partial charge in [-0.1, -0.05) is 0 Å². The molecule has 8 heteroatoms. The fourth-order valence-corrected chi connectivity index (χ4v) is 0.873. The van der Waals surface area contributed by atoms with E-state index in [1.54, 1.807) is 0 Å². The first-order chi connectivity index (χ1) is 7.71. The third-order valence-corrected chi connectivity index (χ3v) is 2.71. The average Bonchev–Trinajstić information content (AvgIpc) is 2.12. The number of hydrogen-bond acceptors (Lipinski definition) is 2. The minimum Gasteiger partial charge on any atom is -0.299 e. The molecule has 0 aliphatic rings. The van der Waals surface area contributed by atoms with Crippen LogP contribution in [0.4, 0.5) is 26.3 Å². The highest BCUT2D eigenvalue weighted by Crippen LogP contribution is 2.39. The Balaban J connectivity index is 4.85. The molecule has 0 saturated carbocycles. The Bertz CT molecular complexity index is 339. The molecular weight excluding hydrogens is 266 g/mol. The molecule has 18 heavy (non-hydrogen) atoms. The van der Waals surface area contributed by atoms with E-state index in [1.165, 1.54) is 0 Å². The summed E-state index contributed by atoms with van der Waals surface area (Å²) in [5, 5.41) is 0. The summed E-state index contributed by atoms with van der Waals surface area (Å²) >= 11 is 0. The quantitative estimate of drug-likeness (QED) is 0.584. The molecule has 106 valence electrons. The van der Waals surface area contributed by atoms with E-state index in [-0.39, 0.29) is 0 Å². The van der Waals surface area contributed by atoms with Crippen molar-refractivity contribution >= 4 is 11.6 Å². The molecule has 0 fully saturated rings. The van der Waals surface area contributed by atoms with Crippen molar-refractivity contribution in [3.63, 3.8) is 0 Å². The first-order valence-electron chi connectivity index (χ1n) is 4.90. The molecule has 0 heterocycles. The van der Waals surface area contributed by atoms with E-state index in [1.807, 2.05) is 0 Å². The summed E-state index contributed by atoms with van der Waals surface area (Å²) in [5.41, 5.74) is -2.84. The molecule has 0 bridgehead atoms. The number of carbonyl (C=O) groups is 2. The van der Waals surface area contributed by atoms with Gasteiger partial charge in [0.15, 0.2) is 11.6 Å². The van der Waals surface area contributed by atoms with Crippen molar-refractivity contribution in [3.8, 4) is 0 Å². The van der Waals surface area contributed by atoms with Gasteiger partial charge >= 0.3 is 12.4 Å². The average molecular weight is 278 g/mol. The topological polar surface area (TPSA) is 34.1 Å². The molecule has 0 aliphatic heterocycles. The molecule has 0 aromatic heterocycles. The maximum absolute atomic E-state index is 12.4. The van der Waals surface area contributed by atoms with Crippen LogP contribution in [0.3, 0.4) is 0 Å². The highest BCUT2D eigenvalue weighted by atomic mass is 19.4. The first-order valence-corrected chi connectivity index (χ1v) is 4.90. The third-order valence-electron chi connectivity index (χ3n) is 2.71. The SMILES string of the molecule is CC(C(=O)CC(=O)C(C)(C)C(F)(F)F)C(F)(F)F. The van der Waals surface area contributed by atoms with Crippen LogP contribution in [0.2, 0.25) is 0 Å². The van der Waals surface area contributed by atoms with E-state index in [0.29, 0.717) is 20.8 Å². The van der Waals surface area contributed by atoms with Gasteiger partial charge in [-0.25, -0.2) is 0 Å². The van der Waals surface area contributed by atoms with Gasteiger partial charge in [-0.15, -0.1) is 0 Å². The highest BCUT2D eigenvalue weighted by Gasteiger charge is 2.53. The lowest BCUT2D eigenvalue weighted by molar-refractivity contribution is -0.210. The molecule has 0 rings (SSSR count). The number of Topliss-reactive ketones (excluding diaryl/α,β-unsaturated/α-hetero) is 2. The van der Waals surface area contributed by atoms with Gasteiger partial charge in [0.25, 0.3) is 0 Å². The summed E-state index contributed by atoms with van der Waals surface area (Å²) < 4.78 is 73.6. The van der Waals surface area contributed by atoms with Crippen LogP contribution in [0, 0.1) is 11.3 Å². The van der Waals surface area contributed by atoms with Gasteiger partial charge in [-0.3, -0.25) is 9.59 Å². The largest absolute Gasteiger partial charge is 0.400 e. The maximum atomic E-state index is 12.4. The lowest BCUT2D eigenvalue weighted by Gasteiger charge is -2.26. The summed E-state index contributed by atoms with van der Waals surface area (Å²) in [6.07, 6.45) is -11.2. The van der Waals surface area contributed by atoms with Gasteiger partial charge in [0.1, 0.15) is 11.3 Å². The molecule has 2 nitrogen and oxygen atoms in total. The van der Waals surface area contributed by atoms with E-state index >= 15 is 0 Å². The van der Waals surface area contributed by atoms with Crippen LogP contribution in [-0.2, 0) is 9.59 Å². The van der Waals surface area contributed by atoms with Gasteiger partial charge in [0, 0.05) is 0 Å². The summed E-state index contributed by atoms with van der Waals surface area (Å²) in [4.78, 5) is 22.3. The van der Waals surface area contributed by atoms with Crippen LogP contribution in [0.15, 0.2) is 0 Å². The second kappa shape index (κ2) is 4.89. The van der Waals surface area contributed by atoms with E-state index in [0.717, 1.165) is 0 Å². The summed E-state index contributed by atoms with van der Waals surface area (Å²) in [5.74, 6) is -5.59. The van der Waals surface area contributed by atoms with Gasteiger partial charge in [0.05, 0.1) is 6.42 Å². The van der Waals surface area contributed by atoms with Crippen LogP contribution >= 0.6 is 0 Å². The normalized spacial score (nSPS) is 15.4. The molecule has 0 aromatic rings. The Morgan fingerprint density at radius 2 is 1.39 bits per heavy atom. The fourth-order valence-electron chi connectivity index (χ4n) is 0.873. The van der Waals surface area contributed by atoms with Crippen molar-refractivity contribution < 1.29 is 35.9 Å². The summed E-state index contributed by atoms with van der Waals surface area (Å²) in [6, 6.07) is 0. The second-order valence-electron chi connectivity index (χ2n) is 4.45. The molecule has 0 amide bonds. The standard InChI is InChI=1S/C10H12F6O2/c1-5(9(11,12)13)6(17)4-7(18)8(2,3)10(14,15)16/h5H,4H2,1-3H3. The zero-order valence-corrected chi connectivity index (χ0v) is 9.87. The first kappa shape index (κ1) is 16.9. The third kappa shape index (κ3) is 3.71. The van der Waals surface area contributed by atoms with Crippen LogP contribution in [0.1, 0.15) is 27.2 Å². The zero-order valence-electron chi connectivity index (χ0n) is 9.87. The Hall–Kier alpha value is -1.08. The highest BCUT2D eigenvalue weighted by molar-refractivity contribution is 6.02. The monoisotopic (exact) mass is 278 g/mol. The molecule has 1 unspecified atom stereocenters. The number of rotatable bonds is 4. The number of carbonyl (C=O) groups excluding carboxylic acids is 2. The number of ketones is 2. The van der Waals surface area contributed by atoms with E-state index in [2.05, 4.69) is 0 Å². The van der Waals surface area contributed by atoms with E-state index < -0.39 is 41.7 Å². The molecular formula is C10H12F6O2. The van der Waals surface area contributed by atoms with Crippen molar-refractivity contribution in [1.82, 2.24) is 0 Å².